The highest BCUT2D eigenvalue weighted by molar-refractivity contribution is 9.10. The summed E-state index contributed by atoms with van der Waals surface area (Å²) < 4.78 is 0.875. The molecule has 3 atom stereocenters. The van der Waals surface area contributed by atoms with Gasteiger partial charge in [-0.2, -0.15) is 0 Å². The second kappa shape index (κ2) is 6.55. The van der Waals surface area contributed by atoms with E-state index in [1.807, 2.05) is 31.2 Å². The summed E-state index contributed by atoms with van der Waals surface area (Å²) in [6, 6.07) is 7.42. The molecule has 3 rings (SSSR count). The molecular formula is C17H19BrN2O4. The van der Waals surface area contributed by atoms with Crippen molar-refractivity contribution in [3.8, 4) is 0 Å². The lowest BCUT2D eigenvalue weighted by Gasteiger charge is -2.21. The molecule has 0 aromatic heterocycles. The van der Waals surface area contributed by atoms with E-state index < -0.39 is 17.8 Å². The van der Waals surface area contributed by atoms with Gasteiger partial charge < -0.3 is 14.9 Å². The van der Waals surface area contributed by atoms with E-state index in [0.29, 0.717) is 19.5 Å². The van der Waals surface area contributed by atoms with Crippen LogP contribution in [0.2, 0.25) is 0 Å². The number of rotatable bonds is 3. The van der Waals surface area contributed by atoms with E-state index in [2.05, 4.69) is 15.9 Å². The maximum atomic E-state index is 12.7. The summed E-state index contributed by atoms with van der Waals surface area (Å²) in [5.41, 5.74) is 0.767. The van der Waals surface area contributed by atoms with Crippen LogP contribution in [-0.2, 0) is 14.4 Å². The van der Waals surface area contributed by atoms with E-state index in [4.69, 9.17) is 0 Å². The average Bonchev–Trinajstić information content (AvgIpc) is 3.10. The second-order valence-corrected chi connectivity index (χ2v) is 7.39. The number of carboxylic acids is 1. The Bertz CT molecular complexity index is 693. The third-order valence-corrected chi connectivity index (χ3v) is 5.36. The van der Waals surface area contributed by atoms with Gasteiger partial charge in [0.05, 0.1) is 5.92 Å². The highest BCUT2D eigenvalue weighted by Gasteiger charge is 2.44. The molecule has 1 aromatic carbocycles. The van der Waals surface area contributed by atoms with Crippen molar-refractivity contribution < 1.29 is 19.5 Å². The second-order valence-electron chi connectivity index (χ2n) is 6.48. The normalized spacial score (nSPS) is 26.9. The van der Waals surface area contributed by atoms with Crippen LogP contribution >= 0.6 is 15.9 Å². The molecule has 2 fully saturated rings. The Hall–Kier alpha value is -1.89. The molecule has 1 aromatic rings. The summed E-state index contributed by atoms with van der Waals surface area (Å²) in [7, 11) is 0. The number of likely N-dealkylation sites (tertiary alicyclic amines) is 1. The molecule has 128 valence electrons. The monoisotopic (exact) mass is 394 g/mol. The van der Waals surface area contributed by atoms with E-state index in [1.54, 1.807) is 4.90 Å². The molecule has 0 aliphatic carbocycles. The van der Waals surface area contributed by atoms with Gasteiger partial charge in [0.15, 0.2) is 0 Å². The first-order chi connectivity index (χ1) is 11.4. The number of halogens is 1. The molecule has 0 bridgehead atoms. The van der Waals surface area contributed by atoms with E-state index in [-0.39, 0.29) is 24.3 Å². The van der Waals surface area contributed by atoms with Gasteiger partial charge in [0.2, 0.25) is 11.8 Å². The Morgan fingerprint density at radius 1 is 1.29 bits per heavy atom. The van der Waals surface area contributed by atoms with Crippen molar-refractivity contribution >= 4 is 39.4 Å². The van der Waals surface area contributed by atoms with Crippen LogP contribution in [0.1, 0.15) is 13.3 Å². The molecular weight excluding hydrogens is 376 g/mol. The number of benzene rings is 1. The van der Waals surface area contributed by atoms with Crippen LogP contribution in [0.15, 0.2) is 28.7 Å². The molecule has 6 nitrogen and oxygen atoms in total. The van der Waals surface area contributed by atoms with Crippen molar-refractivity contribution in [1.82, 2.24) is 4.90 Å². The zero-order chi connectivity index (χ0) is 17.4. The van der Waals surface area contributed by atoms with Gasteiger partial charge >= 0.3 is 5.97 Å². The molecule has 2 aliphatic heterocycles. The Balaban J connectivity index is 1.71. The highest BCUT2D eigenvalue weighted by atomic mass is 79.9. The summed E-state index contributed by atoms with van der Waals surface area (Å²) in [6.45, 7) is 2.92. The first kappa shape index (κ1) is 17.0. The van der Waals surface area contributed by atoms with E-state index in [1.165, 1.54) is 4.90 Å². The number of anilines is 1. The molecule has 2 amide bonds. The molecule has 0 saturated carbocycles. The first-order valence-electron chi connectivity index (χ1n) is 7.97. The molecule has 1 unspecified atom stereocenters. The Kier molecular flexibility index (Phi) is 4.62. The van der Waals surface area contributed by atoms with Gasteiger partial charge in [-0.15, -0.1) is 0 Å². The Morgan fingerprint density at radius 3 is 2.67 bits per heavy atom. The van der Waals surface area contributed by atoms with Crippen LogP contribution in [0.5, 0.6) is 0 Å². The van der Waals surface area contributed by atoms with Crippen LogP contribution in [0.3, 0.4) is 0 Å². The van der Waals surface area contributed by atoms with E-state index >= 15 is 0 Å². The molecule has 7 heteroatoms. The van der Waals surface area contributed by atoms with Crippen LogP contribution in [0.25, 0.3) is 0 Å². The van der Waals surface area contributed by atoms with Crippen molar-refractivity contribution in [2.75, 3.05) is 24.5 Å². The maximum absolute atomic E-state index is 12.7. The molecule has 2 heterocycles. The van der Waals surface area contributed by atoms with Gasteiger partial charge in [-0.1, -0.05) is 28.9 Å². The van der Waals surface area contributed by atoms with Crippen molar-refractivity contribution in [3.63, 3.8) is 0 Å². The van der Waals surface area contributed by atoms with Gasteiger partial charge in [0.1, 0.15) is 5.92 Å². The van der Waals surface area contributed by atoms with Gasteiger partial charge in [-0.3, -0.25) is 14.4 Å². The van der Waals surface area contributed by atoms with Gasteiger partial charge in [-0.25, -0.2) is 0 Å². The summed E-state index contributed by atoms with van der Waals surface area (Å²) >= 11 is 3.39. The molecule has 24 heavy (non-hydrogen) atoms. The maximum Gasteiger partial charge on any atom is 0.308 e. The summed E-state index contributed by atoms with van der Waals surface area (Å²) in [5.74, 6) is -2.68. The lowest BCUT2D eigenvalue weighted by molar-refractivity contribution is -0.142. The number of carbonyl (C=O) groups is 3. The zero-order valence-electron chi connectivity index (χ0n) is 13.3. The number of carbonyl (C=O) groups excluding carboxylic acids is 2. The largest absolute Gasteiger partial charge is 0.481 e. The van der Waals surface area contributed by atoms with E-state index in [9.17, 15) is 19.5 Å². The fourth-order valence-corrected chi connectivity index (χ4v) is 3.89. The van der Waals surface area contributed by atoms with Crippen molar-refractivity contribution in [1.29, 1.82) is 0 Å². The van der Waals surface area contributed by atoms with Crippen LogP contribution in [-0.4, -0.2) is 47.4 Å². The number of carboxylic acid groups (broad SMARTS) is 1. The van der Waals surface area contributed by atoms with Crippen LogP contribution in [0.4, 0.5) is 5.69 Å². The first-order valence-corrected chi connectivity index (χ1v) is 8.76. The lowest BCUT2D eigenvalue weighted by atomic mass is 9.99. The predicted molar refractivity (Wildman–Crippen MR) is 91.5 cm³/mol. The molecule has 0 spiro atoms. The Labute approximate surface area is 148 Å². The molecule has 1 N–H and O–H groups in total. The minimum absolute atomic E-state index is 0.0934. The van der Waals surface area contributed by atoms with Crippen molar-refractivity contribution in [2.24, 2.45) is 17.8 Å². The standard InChI is InChI=1S/C17H19BrN2O4/c1-10-8-19(9-14(10)17(23)24)15(21)13-5-6-20(16(13)22)12-4-2-3-11(18)7-12/h2-4,7,10,13-14H,5-6,8-9H2,1H3,(H,23,24)/t10-,13?,14-/m1/s1. The number of hydrogen-bond donors (Lipinski definition) is 1. The van der Waals surface area contributed by atoms with Crippen LogP contribution in [0, 0.1) is 17.8 Å². The van der Waals surface area contributed by atoms with Gasteiger partial charge in [-0.05, 0) is 30.5 Å². The minimum atomic E-state index is -0.883. The third kappa shape index (κ3) is 3.05. The molecule has 2 saturated heterocycles. The van der Waals surface area contributed by atoms with Gasteiger partial charge in [0, 0.05) is 29.8 Å². The molecule has 2 aliphatic rings. The number of hydrogen-bond acceptors (Lipinski definition) is 3. The smallest absolute Gasteiger partial charge is 0.308 e. The third-order valence-electron chi connectivity index (χ3n) is 4.86. The quantitative estimate of drug-likeness (QED) is 0.795. The number of amides is 2. The lowest BCUT2D eigenvalue weighted by Crippen LogP contribution is -2.39. The Morgan fingerprint density at radius 2 is 2.04 bits per heavy atom. The number of aliphatic carboxylic acids is 1. The van der Waals surface area contributed by atoms with Gasteiger partial charge in [0.25, 0.3) is 0 Å². The van der Waals surface area contributed by atoms with Crippen molar-refractivity contribution in [2.45, 2.75) is 13.3 Å². The van der Waals surface area contributed by atoms with E-state index in [0.717, 1.165) is 10.2 Å². The molecule has 0 radical (unpaired) electrons. The highest BCUT2D eigenvalue weighted by Crippen LogP contribution is 2.31. The van der Waals surface area contributed by atoms with Crippen LogP contribution < -0.4 is 4.90 Å². The fraction of sp³-hybridized carbons (Fsp3) is 0.471. The average molecular weight is 395 g/mol. The number of nitrogens with zero attached hydrogens (tertiary/aromatic N) is 2. The van der Waals surface area contributed by atoms with Crippen molar-refractivity contribution in [3.05, 3.63) is 28.7 Å². The fourth-order valence-electron chi connectivity index (χ4n) is 3.50. The summed E-state index contributed by atoms with van der Waals surface area (Å²) in [5, 5.41) is 9.20. The predicted octanol–water partition coefficient (Wildman–Crippen LogP) is 1.98. The SMILES string of the molecule is C[C@@H]1CN(C(=O)C2CCN(c3cccc(Br)c3)C2=O)C[C@H]1C(=O)O. The summed E-state index contributed by atoms with van der Waals surface area (Å²) in [4.78, 5) is 39.7. The minimum Gasteiger partial charge on any atom is -0.481 e. The zero-order valence-corrected chi connectivity index (χ0v) is 14.9. The summed E-state index contributed by atoms with van der Waals surface area (Å²) in [6.07, 6.45) is 0.465. The topological polar surface area (TPSA) is 77.9 Å².